The second-order valence-corrected chi connectivity index (χ2v) is 6.84. The highest BCUT2D eigenvalue weighted by molar-refractivity contribution is 6.33. The van der Waals surface area contributed by atoms with Crippen LogP contribution in [-0.4, -0.2) is 23.0 Å². The molecule has 0 bridgehead atoms. The van der Waals surface area contributed by atoms with E-state index in [1.807, 2.05) is 0 Å². The largest absolute Gasteiger partial charge is 0.416 e. The Balaban J connectivity index is 1.89. The highest BCUT2D eigenvalue weighted by Crippen LogP contribution is 2.29. The van der Waals surface area contributed by atoms with Crippen LogP contribution in [0.25, 0.3) is 5.69 Å². The van der Waals surface area contributed by atoms with Crippen LogP contribution in [0.3, 0.4) is 0 Å². The SMILES string of the molecule is CN(/N=C\c1cccc(C(F)(F)F)c1)c1cnn(-c2ccc(F)c(Cl)c2)c(=O)c1Cl. The molecule has 156 valence electrons. The first-order valence-corrected chi connectivity index (χ1v) is 9.02. The van der Waals surface area contributed by atoms with Crippen LogP contribution in [-0.2, 0) is 6.18 Å². The first-order chi connectivity index (χ1) is 14.1. The molecule has 1 aromatic heterocycles. The summed E-state index contributed by atoms with van der Waals surface area (Å²) >= 11 is 11.9. The number of halogens is 6. The van der Waals surface area contributed by atoms with Crippen LogP contribution in [0.2, 0.25) is 10.0 Å². The minimum atomic E-state index is -4.48. The topological polar surface area (TPSA) is 50.5 Å². The molecule has 0 aliphatic carbocycles. The van der Waals surface area contributed by atoms with Crippen molar-refractivity contribution >= 4 is 35.1 Å². The number of hydrazone groups is 1. The van der Waals surface area contributed by atoms with Crippen LogP contribution in [0.5, 0.6) is 0 Å². The molecule has 0 saturated carbocycles. The lowest BCUT2D eigenvalue weighted by Gasteiger charge is -2.15. The number of aromatic nitrogens is 2. The predicted molar refractivity (Wildman–Crippen MR) is 107 cm³/mol. The maximum absolute atomic E-state index is 13.3. The summed E-state index contributed by atoms with van der Waals surface area (Å²) < 4.78 is 52.7. The van der Waals surface area contributed by atoms with Gasteiger partial charge in [0.25, 0.3) is 5.56 Å². The Labute approximate surface area is 177 Å². The van der Waals surface area contributed by atoms with E-state index >= 15 is 0 Å². The summed E-state index contributed by atoms with van der Waals surface area (Å²) in [6.07, 6.45) is -2.04. The van der Waals surface area contributed by atoms with Gasteiger partial charge in [0, 0.05) is 7.05 Å². The Hall–Kier alpha value is -2.91. The summed E-state index contributed by atoms with van der Waals surface area (Å²) in [5.74, 6) is -0.653. The van der Waals surface area contributed by atoms with Crippen molar-refractivity contribution in [3.63, 3.8) is 0 Å². The zero-order chi connectivity index (χ0) is 22.1. The summed E-state index contributed by atoms with van der Waals surface area (Å²) in [4.78, 5) is 12.5. The molecule has 2 aromatic carbocycles. The zero-order valence-corrected chi connectivity index (χ0v) is 16.7. The fourth-order valence-electron chi connectivity index (χ4n) is 2.46. The van der Waals surface area contributed by atoms with Crippen molar-refractivity contribution in [3.8, 4) is 5.69 Å². The number of benzene rings is 2. The van der Waals surface area contributed by atoms with Gasteiger partial charge >= 0.3 is 6.18 Å². The number of alkyl halides is 3. The fraction of sp³-hybridized carbons (Fsp3) is 0.105. The van der Waals surface area contributed by atoms with Crippen molar-refractivity contribution in [2.45, 2.75) is 6.18 Å². The average molecular weight is 459 g/mol. The van der Waals surface area contributed by atoms with Crippen LogP contribution in [0.15, 0.2) is 58.6 Å². The van der Waals surface area contributed by atoms with E-state index in [9.17, 15) is 22.4 Å². The number of rotatable bonds is 4. The fourth-order valence-corrected chi connectivity index (χ4v) is 2.89. The van der Waals surface area contributed by atoms with Crippen LogP contribution in [0.1, 0.15) is 11.1 Å². The Kier molecular flexibility index (Phi) is 6.14. The molecule has 0 radical (unpaired) electrons. The Morgan fingerprint density at radius 1 is 1.17 bits per heavy atom. The van der Waals surface area contributed by atoms with E-state index in [-0.39, 0.29) is 27.0 Å². The van der Waals surface area contributed by atoms with Crippen LogP contribution >= 0.6 is 23.2 Å². The third-order valence-corrected chi connectivity index (χ3v) is 4.64. The smallest absolute Gasteiger partial charge is 0.266 e. The minimum absolute atomic E-state index is 0.120. The monoisotopic (exact) mass is 458 g/mol. The lowest BCUT2D eigenvalue weighted by atomic mass is 10.1. The van der Waals surface area contributed by atoms with E-state index in [1.54, 1.807) is 0 Å². The third kappa shape index (κ3) is 4.63. The van der Waals surface area contributed by atoms with E-state index in [2.05, 4.69) is 10.2 Å². The third-order valence-electron chi connectivity index (χ3n) is 3.99. The molecule has 5 nitrogen and oxygen atoms in total. The summed E-state index contributed by atoms with van der Waals surface area (Å²) in [6.45, 7) is 0. The van der Waals surface area contributed by atoms with E-state index in [0.29, 0.717) is 0 Å². The molecule has 3 rings (SSSR count). The average Bonchev–Trinajstić information content (AvgIpc) is 2.70. The molecule has 30 heavy (non-hydrogen) atoms. The van der Waals surface area contributed by atoms with Gasteiger partial charge in [0.2, 0.25) is 0 Å². The van der Waals surface area contributed by atoms with Gasteiger partial charge in [-0.25, -0.2) is 4.39 Å². The molecule has 3 aromatic rings. The van der Waals surface area contributed by atoms with Crippen molar-refractivity contribution in [2.75, 3.05) is 12.1 Å². The van der Waals surface area contributed by atoms with E-state index < -0.39 is 23.1 Å². The van der Waals surface area contributed by atoms with Crippen molar-refractivity contribution in [3.05, 3.63) is 86.0 Å². The molecule has 0 N–H and O–H groups in total. The van der Waals surface area contributed by atoms with Crippen molar-refractivity contribution in [1.82, 2.24) is 9.78 Å². The summed E-state index contributed by atoms with van der Waals surface area (Å²) in [6, 6.07) is 8.20. The minimum Gasteiger partial charge on any atom is -0.266 e. The molecule has 0 spiro atoms. The molecule has 11 heteroatoms. The van der Waals surface area contributed by atoms with Gasteiger partial charge < -0.3 is 0 Å². The molecule has 0 unspecified atom stereocenters. The lowest BCUT2D eigenvalue weighted by Crippen LogP contribution is -2.24. The normalized spacial score (nSPS) is 11.8. The van der Waals surface area contributed by atoms with Crippen molar-refractivity contribution in [2.24, 2.45) is 5.10 Å². The van der Waals surface area contributed by atoms with Gasteiger partial charge in [0.15, 0.2) is 0 Å². The number of nitrogens with zero attached hydrogens (tertiary/aromatic N) is 4. The lowest BCUT2D eigenvalue weighted by molar-refractivity contribution is -0.137. The molecule has 0 atom stereocenters. The van der Waals surface area contributed by atoms with Crippen LogP contribution in [0, 0.1) is 5.82 Å². The predicted octanol–water partition coefficient (Wildman–Crippen LogP) is 5.17. The maximum atomic E-state index is 13.3. The number of anilines is 1. The highest BCUT2D eigenvalue weighted by Gasteiger charge is 2.30. The summed E-state index contributed by atoms with van der Waals surface area (Å²) in [5, 5.41) is 8.75. The molecule has 0 aliphatic heterocycles. The first-order valence-electron chi connectivity index (χ1n) is 8.26. The Morgan fingerprint density at radius 3 is 2.57 bits per heavy atom. The molecular formula is C19H12Cl2F4N4O. The molecule has 0 amide bonds. The van der Waals surface area contributed by atoms with Gasteiger partial charge in [0.05, 0.1) is 28.7 Å². The summed E-state index contributed by atoms with van der Waals surface area (Å²) in [7, 11) is 1.45. The van der Waals surface area contributed by atoms with Crippen LogP contribution in [0.4, 0.5) is 23.2 Å². The van der Waals surface area contributed by atoms with E-state index in [0.717, 1.165) is 22.9 Å². The van der Waals surface area contributed by atoms with Gasteiger partial charge in [-0.15, -0.1) is 0 Å². The number of hydrogen-bond donors (Lipinski definition) is 0. The molecule has 0 aliphatic rings. The Bertz CT molecular complexity index is 1180. The zero-order valence-electron chi connectivity index (χ0n) is 15.2. The van der Waals surface area contributed by atoms with Gasteiger partial charge in [-0.05, 0) is 35.9 Å². The first kappa shape index (κ1) is 21.8. The second kappa shape index (κ2) is 8.45. The van der Waals surface area contributed by atoms with Gasteiger partial charge in [-0.1, -0.05) is 35.3 Å². The standard InChI is InChI=1S/C19H12Cl2F4N4O/c1-28(26-9-11-3-2-4-12(7-11)19(23,24)25)16-10-27-29(18(30)17(16)21)13-5-6-15(22)14(20)8-13/h2-10H,1H3/b26-9-. The summed E-state index contributed by atoms with van der Waals surface area (Å²) in [5.41, 5.74) is -0.994. The van der Waals surface area contributed by atoms with Crippen LogP contribution < -0.4 is 10.6 Å². The van der Waals surface area contributed by atoms with E-state index in [1.165, 1.54) is 48.7 Å². The number of hydrogen-bond acceptors (Lipinski definition) is 4. The van der Waals surface area contributed by atoms with Crippen molar-refractivity contribution < 1.29 is 17.6 Å². The molecule has 1 heterocycles. The quantitative estimate of drug-likeness (QED) is 0.308. The highest BCUT2D eigenvalue weighted by atomic mass is 35.5. The van der Waals surface area contributed by atoms with Crippen molar-refractivity contribution in [1.29, 1.82) is 0 Å². The molecule has 0 saturated heterocycles. The Morgan fingerprint density at radius 2 is 1.90 bits per heavy atom. The second-order valence-electron chi connectivity index (χ2n) is 6.05. The maximum Gasteiger partial charge on any atom is 0.416 e. The van der Waals surface area contributed by atoms with E-state index in [4.69, 9.17) is 23.2 Å². The van der Waals surface area contributed by atoms with Gasteiger partial charge in [-0.3, -0.25) is 9.80 Å². The molecular weight excluding hydrogens is 447 g/mol. The molecule has 0 fully saturated rings. The van der Waals surface area contributed by atoms with Gasteiger partial charge in [-0.2, -0.15) is 28.1 Å². The van der Waals surface area contributed by atoms with Gasteiger partial charge in [0.1, 0.15) is 16.5 Å².